The number of aromatic nitrogens is 5. The average molecular weight is 338 g/mol. The summed E-state index contributed by atoms with van der Waals surface area (Å²) < 4.78 is 1.68. The Hall–Kier alpha value is -3.03. The Kier molecular flexibility index (Phi) is 4.01. The van der Waals surface area contributed by atoms with Crippen molar-refractivity contribution < 1.29 is 9.90 Å². The monoisotopic (exact) mass is 338 g/mol. The highest BCUT2D eigenvalue weighted by Crippen LogP contribution is 2.26. The zero-order valence-electron chi connectivity index (χ0n) is 13.5. The third kappa shape index (κ3) is 3.15. The molecule has 8 nitrogen and oxygen atoms in total. The van der Waals surface area contributed by atoms with E-state index in [1.807, 2.05) is 24.3 Å². The van der Waals surface area contributed by atoms with E-state index in [0.29, 0.717) is 24.6 Å². The summed E-state index contributed by atoms with van der Waals surface area (Å²) in [5.41, 5.74) is 1.69. The third-order valence-electron chi connectivity index (χ3n) is 4.62. The Bertz CT molecular complexity index is 901. The molecule has 2 aromatic heterocycles. The Morgan fingerprint density at radius 1 is 1.16 bits per heavy atom. The molecule has 1 fully saturated rings. The van der Waals surface area contributed by atoms with Gasteiger partial charge in [-0.15, -0.1) is 5.10 Å². The highest BCUT2D eigenvalue weighted by molar-refractivity contribution is 5.75. The summed E-state index contributed by atoms with van der Waals surface area (Å²) in [5.74, 6) is 0.239. The van der Waals surface area contributed by atoms with Gasteiger partial charge in [0.15, 0.2) is 5.82 Å². The topological polar surface area (TPSA) is 106 Å². The third-order valence-corrected chi connectivity index (χ3v) is 4.62. The van der Waals surface area contributed by atoms with Crippen LogP contribution in [-0.4, -0.2) is 42.1 Å². The fourth-order valence-corrected chi connectivity index (χ4v) is 3.24. The van der Waals surface area contributed by atoms with Crippen LogP contribution in [0.4, 0.5) is 5.95 Å². The van der Waals surface area contributed by atoms with Gasteiger partial charge in [-0.2, -0.15) is 9.67 Å². The molecular formula is C17H18N6O2. The second kappa shape index (κ2) is 6.46. The predicted molar refractivity (Wildman–Crippen MR) is 91.5 cm³/mol. The number of nitrogens with one attached hydrogen (secondary N) is 1. The summed E-state index contributed by atoms with van der Waals surface area (Å²) in [6, 6.07) is 9.68. The van der Waals surface area contributed by atoms with Crippen molar-refractivity contribution in [3.8, 4) is 5.82 Å². The Labute approximate surface area is 143 Å². The Balaban J connectivity index is 1.51. The van der Waals surface area contributed by atoms with Crippen LogP contribution in [0.3, 0.4) is 0 Å². The summed E-state index contributed by atoms with van der Waals surface area (Å²) in [4.78, 5) is 19.9. The number of hydrogen-bond donors (Lipinski definition) is 2. The van der Waals surface area contributed by atoms with Crippen LogP contribution in [0.25, 0.3) is 16.9 Å². The first-order chi connectivity index (χ1) is 12.2. The van der Waals surface area contributed by atoms with Crippen LogP contribution in [0, 0.1) is 5.92 Å². The van der Waals surface area contributed by atoms with Gasteiger partial charge in [0, 0.05) is 18.3 Å². The van der Waals surface area contributed by atoms with Gasteiger partial charge in [-0.05, 0) is 37.8 Å². The number of benzene rings is 1. The van der Waals surface area contributed by atoms with Crippen LogP contribution in [-0.2, 0) is 4.79 Å². The van der Waals surface area contributed by atoms with E-state index in [4.69, 9.17) is 5.11 Å². The van der Waals surface area contributed by atoms with Gasteiger partial charge in [0.1, 0.15) is 5.52 Å². The maximum atomic E-state index is 11.0. The molecule has 25 heavy (non-hydrogen) atoms. The van der Waals surface area contributed by atoms with Crippen LogP contribution in [0.5, 0.6) is 0 Å². The maximum absolute atomic E-state index is 11.0. The first-order valence-corrected chi connectivity index (χ1v) is 8.34. The van der Waals surface area contributed by atoms with Crippen molar-refractivity contribution in [3.63, 3.8) is 0 Å². The van der Waals surface area contributed by atoms with E-state index in [2.05, 4.69) is 25.6 Å². The molecule has 2 N–H and O–H groups in total. The van der Waals surface area contributed by atoms with Gasteiger partial charge in [0.05, 0.1) is 11.4 Å². The molecule has 1 aromatic carbocycles. The number of rotatable bonds is 4. The number of aliphatic carboxylic acids is 1. The van der Waals surface area contributed by atoms with Crippen molar-refractivity contribution in [2.75, 3.05) is 5.32 Å². The molecule has 0 unspecified atom stereocenters. The summed E-state index contributed by atoms with van der Waals surface area (Å²) in [7, 11) is 0. The molecule has 0 saturated heterocycles. The zero-order chi connectivity index (χ0) is 17.2. The lowest BCUT2D eigenvalue weighted by atomic mass is 9.86. The predicted octanol–water partition coefficient (Wildman–Crippen LogP) is 2.27. The molecule has 0 spiro atoms. The fourth-order valence-electron chi connectivity index (χ4n) is 3.24. The van der Waals surface area contributed by atoms with Crippen molar-refractivity contribution in [3.05, 3.63) is 36.5 Å². The van der Waals surface area contributed by atoms with Crippen molar-refractivity contribution in [2.24, 2.45) is 5.92 Å². The molecule has 1 saturated carbocycles. The molecule has 0 radical (unpaired) electrons. The van der Waals surface area contributed by atoms with E-state index in [9.17, 15) is 4.79 Å². The van der Waals surface area contributed by atoms with Gasteiger partial charge < -0.3 is 10.4 Å². The minimum absolute atomic E-state index is 0.193. The van der Waals surface area contributed by atoms with E-state index >= 15 is 0 Å². The molecule has 4 rings (SSSR count). The molecule has 0 aliphatic heterocycles. The fraction of sp³-hybridized carbons (Fsp3) is 0.353. The number of carboxylic acid groups (broad SMARTS) is 1. The van der Waals surface area contributed by atoms with Crippen LogP contribution < -0.4 is 5.32 Å². The van der Waals surface area contributed by atoms with Crippen LogP contribution in [0.1, 0.15) is 25.7 Å². The minimum Gasteiger partial charge on any atom is -0.481 e. The van der Waals surface area contributed by atoms with Crippen molar-refractivity contribution in [2.45, 2.75) is 31.7 Å². The summed E-state index contributed by atoms with van der Waals surface area (Å²) >= 11 is 0. The SMILES string of the molecule is O=C(O)C1CCC(Nc2nccc(-n3nnc4ccccc43)n2)CC1. The van der Waals surface area contributed by atoms with Gasteiger partial charge in [0.2, 0.25) is 5.95 Å². The summed E-state index contributed by atoms with van der Waals surface area (Å²) in [6.45, 7) is 0. The highest BCUT2D eigenvalue weighted by atomic mass is 16.4. The number of anilines is 1. The lowest BCUT2D eigenvalue weighted by Crippen LogP contribution is -2.30. The van der Waals surface area contributed by atoms with Gasteiger partial charge in [-0.3, -0.25) is 4.79 Å². The van der Waals surface area contributed by atoms with Crippen LogP contribution in [0.15, 0.2) is 36.5 Å². The quantitative estimate of drug-likeness (QED) is 0.751. The number of carboxylic acids is 1. The standard InChI is InChI=1S/C17H18N6O2/c24-16(25)11-5-7-12(8-6-11)19-17-18-10-9-15(20-17)23-14-4-2-1-3-13(14)21-22-23/h1-4,9-12H,5-8H2,(H,24,25)(H,18,19,20). The van der Waals surface area contributed by atoms with Gasteiger partial charge in [-0.1, -0.05) is 17.3 Å². The van der Waals surface area contributed by atoms with Crippen LogP contribution in [0.2, 0.25) is 0 Å². The first kappa shape index (κ1) is 15.5. The number of para-hydroxylation sites is 1. The first-order valence-electron chi connectivity index (χ1n) is 8.34. The Morgan fingerprint density at radius 3 is 2.76 bits per heavy atom. The molecule has 0 atom stereocenters. The average Bonchev–Trinajstić information content (AvgIpc) is 3.06. The van der Waals surface area contributed by atoms with Gasteiger partial charge in [-0.25, -0.2) is 4.98 Å². The second-order valence-electron chi connectivity index (χ2n) is 6.26. The molecule has 1 aliphatic rings. The van der Waals surface area contributed by atoms with E-state index in [0.717, 1.165) is 23.9 Å². The molecule has 3 aromatic rings. The van der Waals surface area contributed by atoms with E-state index < -0.39 is 5.97 Å². The molecule has 128 valence electrons. The van der Waals surface area contributed by atoms with Crippen molar-refractivity contribution >= 4 is 23.0 Å². The number of hydrogen-bond acceptors (Lipinski definition) is 6. The number of nitrogens with zero attached hydrogens (tertiary/aromatic N) is 5. The summed E-state index contributed by atoms with van der Waals surface area (Å²) in [5, 5.41) is 20.7. The van der Waals surface area contributed by atoms with E-state index in [-0.39, 0.29) is 12.0 Å². The second-order valence-corrected chi connectivity index (χ2v) is 6.26. The van der Waals surface area contributed by atoms with Gasteiger partial charge in [0.25, 0.3) is 0 Å². The smallest absolute Gasteiger partial charge is 0.306 e. The minimum atomic E-state index is -0.699. The largest absolute Gasteiger partial charge is 0.481 e. The lowest BCUT2D eigenvalue weighted by molar-refractivity contribution is -0.142. The molecule has 2 heterocycles. The highest BCUT2D eigenvalue weighted by Gasteiger charge is 2.26. The zero-order valence-corrected chi connectivity index (χ0v) is 13.5. The molecule has 0 bridgehead atoms. The number of fused-ring (bicyclic) bond motifs is 1. The van der Waals surface area contributed by atoms with Crippen LogP contribution >= 0.6 is 0 Å². The summed E-state index contributed by atoms with van der Waals surface area (Å²) in [6.07, 6.45) is 4.65. The molecule has 8 heteroatoms. The van der Waals surface area contributed by atoms with Gasteiger partial charge >= 0.3 is 5.97 Å². The van der Waals surface area contributed by atoms with Crippen molar-refractivity contribution in [1.82, 2.24) is 25.0 Å². The number of carbonyl (C=O) groups is 1. The van der Waals surface area contributed by atoms with Crippen molar-refractivity contribution in [1.29, 1.82) is 0 Å². The Morgan fingerprint density at radius 2 is 1.96 bits per heavy atom. The molecular weight excluding hydrogens is 320 g/mol. The molecule has 1 aliphatic carbocycles. The maximum Gasteiger partial charge on any atom is 0.306 e. The lowest BCUT2D eigenvalue weighted by Gasteiger charge is -2.26. The molecule has 0 amide bonds. The van der Waals surface area contributed by atoms with E-state index in [1.165, 1.54) is 0 Å². The van der Waals surface area contributed by atoms with E-state index in [1.54, 1.807) is 16.9 Å². The normalized spacial score (nSPS) is 20.5.